The number of hydrogen-bond donors (Lipinski definition) is 2. The monoisotopic (exact) mass is 444 g/mol. The number of carboxylic acids is 1. The van der Waals surface area contributed by atoms with E-state index in [1.54, 1.807) is 13.8 Å². The van der Waals surface area contributed by atoms with Crippen molar-refractivity contribution in [3.8, 4) is 0 Å². The van der Waals surface area contributed by atoms with Crippen molar-refractivity contribution in [1.82, 2.24) is 10.2 Å². The summed E-state index contributed by atoms with van der Waals surface area (Å²) < 4.78 is 5.23. The first-order chi connectivity index (χ1) is 15.3. The third-order valence-electron chi connectivity index (χ3n) is 6.95. The van der Waals surface area contributed by atoms with Gasteiger partial charge in [-0.25, -0.2) is 4.79 Å². The number of benzene rings is 1. The van der Waals surface area contributed by atoms with Crippen LogP contribution in [0.4, 0.5) is 0 Å². The minimum absolute atomic E-state index is 0.0788. The molecule has 3 rings (SSSR count). The molecule has 7 nitrogen and oxygen atoms in total. The molecule has 176 valence electrons. The number of nitrogens with one attached hydrogen (secondary N) is 1. The highest BCUT2D eigenvalue weighted by atomic mass is 16.5. The Morgan fingerprint density at radius 2 is 1.88 bits per heavy atom. The Bertz CT molecular complexity index is 791. The predicted octanol–water partition coefficient (Wildman–Crippen LogP) is 3.17. The minimum Gasteiger partial charge on any atom is -0.480 e. The molecule has 1 spiro atoms. The Labute approximate surface area is 190 Å². The predicted molar refractivity (Wildman–Crippen MR) is 121 cm³/mol. The van der Waals surface area contributed by atoms with Crippen LogP contribution < -0.4 is 5.32 Å². The van der Waals surface area contributed by atoms with E-state index in [9.17, 15) is 19.5 Å². The third kappa shape index (κ3) is 5.88. The van der Waals surface area contributed by atoms with Crippen molar-refractivity contribution >= 4 is 17.8 Å². The Morgan fingerprint density at radius 1 is 1.19 bits per heavy atom. The van der Waals surface area contributed by atoms with E-state index in [1.165, 1.54) is 11.3 Å². The van der Waals surface area contributed by atoms with E-state index in [0.29, 0.717) is 25.8 Å². The lowest BCUT2D eigenvalue weighted by molar-refractivity contribution is -0.150. The number of esters is 1. The number of likely N-dealkylation sites (tertiary alicyclic amines) is 1. The second-order valence-corrected chi connectivity index (χ2v) is 9.30. The fraction of sp³-hybridized carbons (Fsp3) is 0.640. The fourth-order valence-electron chi connectivity index (χ4n) is 5.26. The van der Waals surface area contributed by atoms with Crippen LogP contribution in [0.25, 0.3) is 0 Å². The lowest BCUT2D eigenvalue weighted by Crippen LogP contribution is -2.53. The van der Waals surface area contributed by atoms with Crippen LogP contribution in [0.1, 0.15) is 64.4 Å². The average molecular weight is 445 g/mol. The molecular formula is C25H36N2O5. The highest BCUT2D eigenvalue weighted by molar-refractivity contribution is 5.88. The summed E-state index contributed by atoms with van der Waals surface area (Å²) in [5.41, 5.74) is 1.03. The van der Waals surface area contributed by atoms with Gasteiger partial charge in [0.25, 0.3) is 0 Å². The molecule has 2 unspecified atom stereocenters. The molecule has 2 aliphatic rings. The zero-order valence-electron chi connectivity index (χ0n) is 19.2. The van der Waals surface area contributed by atoms with Crippen molar-refractivity contribution in [2.75, 3.05) is 13.2 Å². The van der Waals surface area contributed by atoms with Crippen molar-refractivity contribution in [3.05, 3.63) is 35.9 Å². The molecule has 1 saturated heterocycles. The summed E-state index contributed by atoms with van der Waals surface area (Å²) in [6.07, 6.45) is 6.99. The Kier molecular flexibility index (Phi) is 8.29. The van der Waals surface area contributed by atoms with E-state index in [0.717, 1.165) is 31.2 Å². The van der Waals surface area contributed by atoms with Crippen LogP contribution in [0.2, 0.25) is 0 Å². The standard InChI is InChI=1S/C25H36N2O5/c1-3-32-24(31)20(13-12-19-10-6-4-7-11-19)26-18(2)22(28)27-17-25(14-8-5-9-15-25)16-21(27)23(29)30/h4,6-7,10-11,18,20-21,26H,3,5,8-9,12-17H2,1-2H3,(H,29,30)/t18-,20?,21?/m0/s1. The minimum atomic E-state index is -0.945. The van der Waals surface area contributed by atoms with Crippen molar-refractivity contribution < 1.29 is 24.2 Å². The van der Waals surface area contributed by atoms with E-state index in [1.807, 2.05) is 30.3 Å². The Balaban J connectivity index is 1.68. The molecule has 1 aromatic carbocycles. The molecule has 1 aromatic rings. The lowest BCUT2D eigenvalue weighted by atomic mass is 9.73. The first-order valence-corrected chi connectivity index (χ1v) is 11.8. The summed E-state index contributed by atoms with van der Waals surface area (Å²) in [4.78, 5) is 39.4. The number of hydrogen-bond acceptors (Lipinski definition) is 5. The van der Waals surface area contributed by atoms with E-state index >= 15 is 0 Å². The quantitative estimate of drug-likeness (QED) is 0.568. The largest absolute Gasteiger partial charge is 0.480 e. The molecule has 32 heavy (non-hydrogen) atoms. The number of nitrogens with zero attached hydrogens (tertiary/aromatic N) is 1. The number of rotatable bonds is 9. The first kappa shape index (κ1) is 24.2. The number of ether oxygens (including phenoxy) is 1. The molecule has 0 radical (unpaired) electrons. The number of aliphatic carboxylic acids is 1. The van der Waals surface area contributed by atoms with Crippen LogP contribution >= 0.6 is 0 Å². The van der Waals surface area contributed by atoms with Gasteiger partial charge in [0, 0.05) is 6.54 Å². The summed E-state index contributed by atoms with van der Waals surface area (Å²) in [7, 11) is 0. The smallest absolute Gasteiger partial charge is 0.326 e. The molecular weight excluding hydrogens is 408 g/mol. The molecule has 2 N–H and O–H groups in total. The number of carboxylic acid groups (broad SMARTS) is 1. The van der Waals surface area contributed by atoms with Crippen LogP contribution in [0.5, 0.6) is 0 Å². The first-order valence-electron chi connectivity index (χ1n) is 11.8. The molecule has 1 saturated carbocycles. The summed E-state index contributed by atoms with van der Waals surface area (Å²) in [6.45, 7) is 4.22. The summed E-state index contributed by atoms with van der Waals surface area (Å²) in [5.74, 6) is -1.59. The van der Waals surface area contributed by atoms with Crippen LogP contribution in [0.15, 0.2) is 30.3 Å². The highest BCUT2D eigenvalue weighted by Crippen LogP contribution is 2.46. The van der Waals surface area contributed by atoms with E-state index in [4.69, 9.17) is 4.74 Å². The summed E-state index contributed by atoms with van der Waals surface area (Å²) >= 11 is 0. The SMILES string of the molecule is CCOC(=O)C(CCc1ccccc1)N[C@@H](C)C(=O)N1CC2(CCCCC2)CC1C(=O)O. The molecule has 1 heterocycles. The van der Waals surface area contributed by atoms with Crippen molar-refractivity contribution in [1.29, 1.82) is 0 Å². The number of carbonyl (C=O) groups is 3. The van der Waals surface area contributed by atoms with E-state index in [-0.39, 0.29) is 23.9 Å². The second-order valence-electron chi connectivity index (χ2n) is 9.30. The topological polar surface area (TPSA) is 95.9 Å². The molecule has 0 bridgehead atoms. The molecule has 2 fully saturated rings. The molecule has 1 amide bonds. The van der Waals surface area contributed by atoms with Gasteiger partial charge in [0.2, 0.25) is 5.91 Å². The lowest BCUT2D eigenvalue weighted by Gasteiger charge is -2.33. The fourth-order valence-corrected chi connectivity index (χ4v) is 5.26. The van der Waals surface area contributed by atoms with Gasteiger partial charge in [0.1, 0.15) is 12.1 Å². The second kappa shape index (κ2) is 10.9. The molecule has 7 heteroatoms. The van der Waals surface area contributed by atoms with Gasteiger partial charge in [-0.05, 0) is 56.9 Å². The van der Waals surface area contributed by atoms with Gasteiger partial charge in [-0.15, -0.1) is 0 Å². The maximum absolute atomic E-state index is 13.3. The summed E-state index contributed by atoms with van der Waals surface area (Å²) in [5, 5.41) is 12.9. The zero-order chi connectivity index (χ0) is 23.1. The molecule has 1 aliphatic heterocycles. The van der Waals surface area contributed by atoms with Gasteiger partial charge in [0.05, 0.1) is 12.6 Å². The van der Waals surface area contributed by atoms with Gasteiger partial charge in [-0.1, -0.05) is 49.6 Å². The Hall–Kier alpha value is -2.41. The van der Waals surface area contributed by atoms with Crippen molar-refractivity contribution in [2.45, 2.75) is 83.3 Å². The van der Waals surface area contributed by atoms with Crippen molar-refractivity contribution in [3.63, 3.8) is 0 Å². The van der Waals surface area contributed by atoms with Gasteiger partial charge in [-0.3, -0.25) is 14.9 Å². The highest BCUT2D eigenvalue weighted by Gasteiger charge is 2.49. The number of aryl methyl sites for hydroxylation is 1. The van der Waals surface area contributed by atoms with Crippen LogP contribution in [0.3, 0.4) is 0 Å². The van der Waals surface area contributed by atoms with Crippen LogP contribution in [-0.4, -0.2) is 59.1 Å². The van der Waals surface area contributed by atoms with Gasteiger partial charge >= 0.3 is 11.9 Å². The van der Waals surface area contributed by atoms with Crippen LogP contribution in [0, 0.1) is 5.41 Å². The van der Waals surface area contributed by atoms with E-state index < -0.39 is 24.1 Å². The maximum atomic E-state index is 13.3. The van der Waals surface area contributed by atoms with Gasteiger partial charge < -0.3 is 14.7 Å². The van der Waals surface area contributed by atoms with Crippen LogP contribution in [-0.2, 0) is 25.5 Å². The molecule has 1 aliphatic carbocycles. The molecule has 3 atom stereocenters. The average Bonchev–Trinajstić information content (AvgIpc) is 3.16. The number of amides is 1. The Morgan fingerprint density at radius 3 is 2.50 bits per heavy atom. The maximum Gasteiger partial charge on any atom is 0.326 e. The normalized spacial score (nSPS) is 21.8. The van der Waals surface area contributed by atoms with Crippen molar-refractivity contribution in [2.24, 2.45) is 5.41 Å². The van der Waals surface area contributed by atoms with Gasteiger partial charge in [-0.2, -0.15) is 0 Å². The zero-order valence-corrected chi connectivity index (χ0v) is 19.2. The summed E-state index contributed by atoms with van der Waals surface area (Å²) in [6, 6.07) is 7.74. The van der Waals surface area contributed by atoms with E-state index in [2.05, 4.69) is 5.32 Å². The third-order valence-corrected chi connectivity index (χ3v) is 6.95. The molecule has 0 aromatic heterocycles. The number of carbonyl (C=O) groups excluding carboxylic acids is 2. The van der Waals surface area contributed by atoms with Gasteiger partial charge in [0.15, 0.2) is 0 Å².